The van der Waals surface area contributed by atoms with Crippen LogP contribution in [0, 0.1) is 11.8 Å². The molecule has 0 radical (unpaired) electrons. The number of hydrogen-bond donors (Lipinski definition) is 2. The summed E-state index contributed by atoms with van der Waals surface area (Å²) in [5, 5.41) is 12.4. The number of carbonyl (C=O) groups excluding carboxylic acids is 1. The summed E-state index contributed by atoms with van der Waals surface area (Å²) in [6.07, 6.45) is 4.34. The van der Waals surface area contributed by atoms with Crippen LogP contribution in [0.5, 0.6) is 0 Å². The minimum absolute atomic E-state index is 0.0619. The molecular weight excluding hydrogens is 316 g/mol. The second kappa shape index (κ2) is 8.00. The molecule has 1 aliphatic carbocycles. The summed E-state index contributed by atoms with van der Waals surface area (Å²) in [6.45, 7) is 4.15. The van der Waals surface area contributed by atoms with Crippen molar-refractivity contribution in [1.29, 1.82) is 0 Å². The Balaban J connectivity index is 1.51. The molecule has 3 atom stereocenters. The first-order chi connectivity index (χ1) is 12.0. The molecule has 0 saturated carbocycles. The third kappa shape index (κ3) is 4.60. The molecule has 2 aliphatic rings. The highest BCUT2D eigenvalue weighted by molar-refractivity contribution is 5.76. The van der Waals surface area contributed by atoms with Crippen LogP contribution >= 0.6 is 0 Å². The van der Waals surface area contributed by atoms with Gasteiger partial charge in [-0.2, -0.15) is 0 Å². The zero-order valence-corrected chi connectivity index (χ0v) is 14.9. The van der Waals surface area contributed by atoms with Gasteiger partial charge in [-0.1, -0.05) is 31.2 Å². The lowest BCUT2D eigenvalue weighted by Gasteiger charge is -2.34. The van der Waals surface area contributed by atoms with Crippen LogP contribution in [0.15, 0.2) is 24.3 Å². The minimum Gasteiger partial charge on any atom is -0.481 e. The number of carboxylic acid groups (broad SMARTS) is 1. The number of aliphatic carboxylic acids is 1. The Bertz CT molecular complexity index is 631. The number of amides is 1. The number of aryl methyl sites for hydroxylation is 1. The van der Waals surface area contributed by atoms with Crippen molar-refractivity contribution in [2.24, 2.45) is 11.8 Å². The molecule has 0 bridgehead atoms. The van der Waals surface area contributed by atoms with E-state index in [2.05, 4.69) is 35.3 Å². The molecule has 1 aliphatic heterocycles. The van der Waals surface area contributed by atoms with Crippen LogP contribution in [0.3, 0.4) is 0 Å². The third-order valence-corrected chi connectivity index (χ3v) is 5.44. The van der Waals surface area contributed by atoms with Crippen molar-refractivity contribution in [2.45, 2.75) is 45.1 Å². The van der Waals surface area contributed by atoms with Gasteiger partial charge in [0.2, 0.25) is 5.91 Å². The summed E-state index contributed by atoms with van der Waals surface area (Å²) >= 11 is 0. The summed E-state index contributed by atoms with van der Waals surface area (Å²) in [5.41, 5.74) is 2.59. The molecule has 3 unspecified atom stereocenters. The first kappa shape index (κ1) is 17.9. The van der Waals surface area contributed by atoms with Crippen molar-refractivity contribution < 1.29 is 14.7 Å². The number of hydrogen-bond acceptors (Lipinski definition) is 3. The maximum Gasteiger partial charge on any atom is 0.307 e. The number of carboxylic acids is 1. The average molecular weight is 344 g/mol. The molecule has 1 aromatic carbocycles. The molecule has 5 heteroatoms. The fourth-order valence-electron chi connectivity index (χ4n) is 4.25. The first-order valence-corrected chi connectivity index (χ1v) is 9.35. The number of nitrogens with one attached hydrogen (secondary N) is 1. The molecule has 136 valence electrons. The van der Waals surface area contributed by atoms with Gasteiger partial charge >= 0.3 is 5.97 Å². The van der Waals surface area contributed by atoms with Gasteiger partial charge in [-0.15, -0.1) is 0 Å². The maximum absolute atomic E-state index is 12.4. The zero-order chi connectivity index (χ0) is 17.8. The van der Waals surface area contributed by atoms with Gasteiger partial charge in [0.25, 0.3) is 0 Å². The minimum atomic E-state index is -0.722. The highest BCUT2D eigenvalue weighted by Gasteiger charge is 2.29. The molecule has 2 N–H and O–H groups in total. The molecular formula is C20H28N2O3. The van der Waals surface area contributed by atoms with Crippen LogP contribution in [0.1, 0.15) is 49.8 Å². The normalized spacial score (nSPS) is 26.7. The Morgan fingerprint density at radius 2 is 2.08 bits per heavy atom. The lowest BCUT2D eigenvalue weighted by molar-refractivity contribution is -0.144. The van der Waals surface area contributed by atoms with Crippen molar-refractivity contribution in [3.8, 4) is 0 Å². The van der Waals surface area contributed by atoms with Crippen LogP contribution in [-0.2, 0) is 16.0 Å². The van der Waals surface area contributed by atoms with Crippen molar-refractivity contribution in [3.63, 3.8) is 0 Å². The van der Waals surface area contributed by atoms with E-state index in [-0.39, 0.29) is 17.9 Å². The SMILES string of the molecule is CC1CC(C(=O)O)CN(CCC(=O)NC2CCCc3ccccc32)C1. The predicted octanol–water partition coefficient (Wildman–Crippen LogP) is 2.61. The summed E-state index contributed by atoms with van der Waals surface area (Å²) < 4.78 is 0. The number of rotatable bonds is 5. The molecule has 1 amide bonds. The summed E-state index contributed by atoms with van der Waals surface area (Å²) in [4.78, 5) is 25.8. The largest absolute Gasteiger partial charge is 0.481 e. The molecule has 1 heterocycles. The van der Waals surface area contributed by atoms with E-state index in [0.717, 1.165) is 32.2 Å². The average Bonchev–Trinajstić information content (AvgIpc) is 2.60. The summed E-state index contributed by atoms with van der Waals surface area (Å²) in [6, 6.07) is 8.46. The van der Waals surface area contributed by atoms with Gasteiger partial charge in [0, 0.05) is 26.1 Å². The topological polar surface area (TPSA) is 69.6 Å². The van der Waals surface area contributed by atoms with Crippen LogP contribution < -0.4 is 5.32 Å². The van der Waals surface area contributed by atoms with E-state index in [0.29, 0.717) is 25.4 Å². The van der Waals surface area contributed by atoms with Gasteiger partial charge in [-0.3, -0.25) is 9.59 Å². The Labute approximate surface area is 149 Å². The number of likely N-dealkylation sites (tertiary alicyclic amines) is 1. The smallest absolute Gasteiger partial charge is 0.307 e. The van der Waals surface area contributed by atoms with E-state index in [1.165, 1.54) is 11.1 Å². The van der Waals surface area contributed by atoms with Crippen molar-refractivity contribution in [1.82, 2.24) is 10.2 Å². The van der Waals surface area contributed by atoms with Gasteiger partial charge in [-0.25, -0.2) is 0 Å². The lowest BCUT2D eigenvalue weighted by atomic mass is 9.87. The van der Waals surface area contributed by atoms with Crippen molar-refractivity contribution in [3.05, 3.63) is 35.4 Å². The number of benzene rings is 1. The zero-order valence-electron chi connectivity index (χ0n) is 14.9. The molecule has 1 aromatic rings. The number of carbonyl (C=O) groups is 2. The molecule has 3 rings (SSSR count). The molecule has 1 saturated heterocycles. The van der Waals surface area contributed by atoms with Crippen LogP contribution in [0.25, 0.3) is 0 Å². The standard InChI is InChI=1S/C20H28N2O3/c1-14-11-16(20(24)25)13-22(12-14)10-9-19(23)21-18-8-4-6-15-5-2-3-7-17(15)18/h2-3,5,7,14,16,18H,4,6,8-13H2,1H3,(H,21,23)(H,24,25). The van der Waals surface area contributed by atoms with Crippen molar-refractivity contribution >= 4 is 11.9 Å². The Kier molecular flexibility index (Phi) is 5.74. The van der Waals surface area contributed by atoms with E-state index in [1.54, 1.807) is 0 Å². The molecule has 0 spiro atoms. The number of fused-ring (bicyclic) bond motifs is 1. The number of nitrogens with zero attached hydrogens (tertiary/aromatic N) is 1. The molecule has 5 nitrogen and oxygen atoms in total. The second-order valence-electron chi connectivity index (χ2n) is 7.60. The second-order valence-corrected chi connectivity index (χ2v) is 7.60. The van der Waals surface area contributed by atoms with E-state index in [9.17, 15) is 14.7 Å². The predicted molar refractivity (Wildman–Crippen MR) is 96.2 cm³/mol. The quantitative estimate of drug-likeness (QED) is 0.861. The fourth-order valence-corrected chi connectivity index (χ4v) is 4.25. The fraction of sp³-hybridized carbons (Fsp3) is 0.600. The van der Waals surface area contributed by atoms with E-state index >= 15 is 0 Å². The van der Waals surface area contributed by atoms with E-state index < -0.39 is 5.97 Å². The van der Waals surface area contributed by atoms with Crippen LogP contribution in [-0.4, -0.2) is 41.5 Å². The lowest BCUT2D eigenvalue weighted by Crippen LogP contribution is -2.44. The molecule has 0 aromatic heterocycles. The van der Waals surface area contributed by atoms with Gasteiger partial charge < -0.3 is 15.3 Å². The summed E-state index contributed by atoms with van der Waals surface area (Å²) in [5.74, 6) is -0.605. The van der Waals surface area contributed by atoms with Gasteiger partial charge in [0.1, 0.15) is 0 Å². The van der Waals surface area contributed by atoms with Gasteiger partial charge in [0.15, 0.2) is 0 Å². The van der Waals surface area contributed by atoms with Crippen molar-refractivity contribution in [2.75, 3.05) is 19.6 Å². The van der Waals surface area contributed by atoms with E-state index in [4.69, 9.17) is 0 Å². The first-order valence-electron chi connectivity index (χ1n) is 9.35. The van der Waals surface area contributed by atoms with Gasteiger partial charge in [-0.05, 0) is 42.7 Å². The number of piperidine rings is 1. The highest BCUT2D eigenvalue weighted by Crippen LogP contribution is 2.29. The monoisotopic (exact) mass is 344 g/mol. The molecule has 1 fully saturated rings. The van der Waals surface area contributed by atoms with Crippen LogP contribution in [0.2, 0.25) is 0 Å². The van der Waals surface area contributed by atoms with E-state index in [1.807, 2.05) is 6.07 Å². The molecule has 25 heavy (non-hydrogen) atoms. The van der Waals surface area contributed by atoms with Gasteiger partial charge in [0.05, 0.1) is 12.0 Å². The maximum atomic E-state index is 12.4. The Morgan fingerprint density at radius 1 is 1.28 bits per heavy atom. The summed E-state index contributed by atoms with van der Waals surface area (Å²) in [7, 11) is 0. The Hall–Kier alpha value is -1.88. The van der Waals surface area contributed by atoms with Crippen LogP contribution in [0.4, 0.5) is 0 Å². The Morgan fingerprint density at radius 3 is 2.88 bits per heavy atom. The highest BCUT2D eigenvalue weighted by atomic mass is 16.4. The third-order valence-electron chi connectivity index (χ3n) is 5.44.